The number of hydrogen-bond acceptors (Lipinski definition) is 3. The van der Waals surface area contributed by atoms with E-state index < -0.39 is 17.3 Å². The lowest BCUT2D eigenvalue weighted by atomic mass is 10.2. The fourth-order valence-corrected chi connectivity index (χ4v) is 1.08. The van der Waals surface area contributed by atoms with Gasteiger partial charge in [0.25, 0.3) is 5.69 Å². The van der Waals surface area contributed by atoms with E-state index >= 15 is 0 Å². The molecule has 0 radical (unpaired) electrons. The molecule has 0 atom stereocenters. The molecule has 1 N–H and O–H groups in total. The summed E-state index contributed by atoms with van der Waals surface area (Å²) in [6.45, 7) is -0.618. The fourth-order valence-electron chi connectivity index (χ4n) is 0.851. The molecule has 6 heteroatoms. The van der Waals surface area contributed by atoms with Gasteiger partial charge in [-0.15, -0.1) is 0 Å². The molecule has 1 aromatic carbocycles. The first kappa shape index (κ1) is 9.88. The van der Waals surface area contributed by atoms with Gasteiger partial charge in [-0.3, -0.25) is 10.1 Å². The summed E-state index contributed by atoms with van der Waals surface area (Å²) in [5.74, 6) is -0.824. The number of hydrogen-bond donors (Lipinski definition) is 1. The molecule has 70 valence electrons. The second kappa shape index (κ2) is 3.68. The number of nitrogens with zero attached hydrogens (tertiary/aromatic N) is 1. The molecule has 0 bridgehead atoms. The number of aliphatic hydroxyl groups is 1. The third-order valence-corrected chi connectivity index (χ3v) is 1.74. The van der Waals surface area contributed by atoms with Gasteiger partial charge in [0.2, 0.25) is 0 Å². The molecule has 0 aliphatic heterocycles. The summed E-state index contributed by atoms with van der Waals surface area (Å²) in [5, 5.41) is 18.5. The number of nitro benzene ring substituents is 1. The van der Waals surface area contributed by atoms with Gasteiger partial charge >= 0.3 is 0 Å². The van der Waals surface area contributed by atoms with Crippen LogP contribution < -0.4 is 0 Å². The van der Waals surface area contributed by atoms with Gasteiger partial charge in [-0.2, -0.15) is 0 Å². The summed E-state index contributed by atoms with van der Waals surface area (Å²) in [5.41, 5.74) is -0.519. The molecule has 13 heavy (non-hydrogen) atoms. The van der Waals surface area contributed by atoms with Crippen molar-refractivity contribution in [3.63, 3.8) is 0 Å². The summed E-state index contributed by atoms with van der Waals surface area (Å²) < 4.78 is 12.9. The van der Waals surface area contributed by atoms with Crippen molar-refractivity contribution in [1.29, 1.82) is 0 Å². The van der Waals surface area contributed by atoms with Crippen molar-refractivity contribution < 1.29 is 14.4 Å². The first-order valence-corrected chi connectivity index (χ1v) is 3.67. The second-order valence-electron chi connectivity index (χ2n) is 2.32. The van der Waals surface area contributed by atoms with E-state index in [1.807, 2.05) is 0 Å². The van der Waals surface area contributed by atoms with Gasteiger partial charge in [-0.25, -0.2) is 4.39 Å². The van der Waals surface area contributed by atoms with E-state index in [9.17, 15) is 14.5 Å². The molecular formula is C7H5ClFNO3. The molecule has 1 rings (SSSR count). The zero-order valence-electron chi connectivity index (χ0n) is 6.33. The molecule has 0 saturated heterocycles. The fraction of sp³-hybridized carbons (Fsp3) is 0.143. The predicted molar refractivity (Wildman–Crippen MR) is 44.0 cm³/mol. The molecule has 4 nitrogen and oxygen atoms in total. The highest BCUT2D eigenvalue weighted by atomic mass is 35.5. The Morgan fingerprint density at radius 2 is 2.23 bits per heavy atom. The lowest BCUT2D eigenvalue weighted by molar-refractivity contribution is -0.385. The van der Waals surface area contributed by atoms with Crippen LogP contribution in [0.15, 0.2) is 12.1 Å². The minimum absolute atomic E-state index is 0.181. The Morgan fingerprint density at radius 1 is 1.62 bits per heavy atom. The maximum atomic E-state index is 12.9. The maximum absolute atomic E-state index is 12.9. The Balaban J connectivity index is 3.30. The van der Waals surface area contributed by atoms with Gasteiger partial charge in [-0.05, 0) is 0 Å². The van der Waals surface area contributed by atoms with E-state index in [2.05, 4.69) is 0 Å². The topological polar surface area (TPSA) is 63.4 Å². The van der Waals surface area contributed by atoms with Gasteiger partial charge < -0.3 is 5.11 Å². The van der Waals surface area contributed by atoms with Crippen LogP contribution >= 0.6 is 11.6 Å². The highest BCUT2D eigenvalue weighted by molar-refractivity contribution is 6.31. The van der Waals surface area contributed by atoms with Crippen molar-refractivity contribution in [2.24, 2.45) is 0 Å². The Labute approximate surface area is 77.7 Å². The SMILES string of the molecule is O=[N+]([O-])c1cc(Cl)c(F)c(CO)c1. The van der Waals surface area contributed by atoms with E-state index in [4.69, 9.17) is 16.7 Å². The minimum Gasteiger partial charge on any atom is -0.392 e. The average Bonchev–Trinajstić information content (AvgIpc) is 2.09. The summed E-state index contributed by atoms with van der Waals surface area (Å²) in [7, 11) is 0. The predicted octanol–water partition coefficient (Wildman–Crippen LogP) is 1.88. The maximum Gasteiger partial charge on any atom is 0.271 e. The lowest BCUT2D eigenvalue weighted by Crippen LogP contribution is -1.95. The van der Waals surface area contributed by atoms with Crippen molar-refractivity contribution in [2.75, 3.05) is 0 Å². The van der Waals surface area contributed by atoms with Crippen LogP contribution in [0.3, 0.4) is 0 Å². The van der Waals surface area contributed by atoms with E-state index in [0.29, 0.717) is 0 Å². The van der Waals surface area contributed by atoms with Crippen LogP contribution in [0, 0.1) is 15.9 Å². The van der Waals surface area contributed by atoms with Crippen molar-refractivity contribution in [2.45, 2.75) is 6.61 Å². The number of non-ortho nitro benzene ring substituents is 1. The van der Waals surface area contributed by atoms with Crippen molar-refractivity contribution in [3.05, 3.63) is 38.7 Å². The number of benzene rings is 1. The van der Waals surface area contributed by atoms with Gasteiger partial charge in [-0.1, -0.05) is 11.6 Å². The lowest BCUT2D eigenvalue weighted by Gasteiger charge is -2.00. The number of rotatable bonds is 2. The third-order valence-electron chi connectivity index (χ3n) is 1.47. The van der Waals surface area contributed by atoms with Gasteiger partial charge in [0.15, 0.2) is 0 Å². The quantitative estimate of drug-likeness (QED) is 0.592. The van der Waals surface area contributed by atoms with Crippen LogP contribution in [-0.2, 0) is 6.61 Å². The van der Waals surface area contributed by atoms with Gasteiger partial charge in [0.1, 0.15) is 5.82 Å². The molecule has 0 spiro atoms. The van der Waals surface area contributed by atoms with Crippen LogP contribution in [0.4, 0.5) is 10.1 Å². The zero-order chi connectivity index (χ0) is 10.0. The highest BCUT2D eigenvalue weighted by Crippen LogP contribution is 2.25. The molecule has 0 unspecified atom stereocenters. The average molecular weight is 206 g/mol. The largest absolute Gasteiger partial charge is 0.392 e. The van der Waals surface area contributed by atoms with Gasteiger partial charge in [0.05, 0.1) is 16.6 Å². The summed E-state index contributed by atoms with van der Waals surface area (Å²) in [6, 6.07) is 1.84. The monoisotopic (exact) mass is 205 g/mol. The van der Waals surface area contributed by atoms with Crippen LogP contribution in [0.2, 0.25) is 5.02 Å². The molecule has 0 fully saturated rings. The van der Waals surface area contributed by atoms with Gasteiger partial charge in [0, 0.05) is 17.7 Å². The first-order valence-electron chi connectivity index (χ1n) is 3.29. The standard InChI is InChI=1S/C7H5ClFNO3/c8-6-2-5(10(12)13)1-4(3-11)7(6)9/h1-2,11H,3H2. The van der Waals surface area contributed by atoms with Crippen molar-refractivity contribution in [3.8, 4) is 0 Å². The van der Waals surface area contributed by atoms with Crippen molar-refractivity contribution >= 4 is 17.3 Å². The summed E-state index contributed by atoms with van der Waals surface area (Å²) >= 11 is 5.35. The summed E-state index contributed by atoms with van der Waals surface area (Å²) in [4.78, 5) is 9.57. The van der Waals surface area contributed by atoms with E-state index in [-0.39, 0.29) is 16.3 Å². The minimum atomic E-state index is -0.824. The van der Waals surface area contributed by atoms with E-state index in [0.717, 1.165) is 12.1 Å². The Bertz CT molecular complexity index is 356. The normalized spacial score (nSPS) is 10.1. The van der Waals surface area contributed by atoms with Crippen LogP contribution in [0.25, 0.3) is 0 Å². The zero-order valence-corrected chi connectivity index (χ0v) is 7.08. The number of halogens is 2. The van der Waals surface area contributed by atoms with E-state index in [1.54, 1.807) is 0 Å². The van der Waals surface area contributed by atoms with Crippen LogP contribution in [0.1, 0.15) is 5.56 Å². The molecule has 1 aromatic rings. The second-order valence-corrected chi connectivity index (χ2v) is 2.72. The Hall–Kier alpha value is -1.20. The molecule has 0 heterocycles. The van der Waals surface area contributed by atoms with Crippen LogP contribution in [0.5, 0.6) is 0 Å². The number of aliphatic hydroxyl groups excluding tert-OH is 1. The van der Waals surface area contributed by atoms with Crippen molar-refractivity contribution in [1.82, 2.24) is 0 Å². The Kier molecular flexibility index (Phi) is 2.79. The Morgan fingerprint density at radius 3 is 2.69 bits per heavy atom. The number of nitro groups is 1. The molecule has 0 aliphatic carbocycles. The van der Waals surface area contributed by atoms with E-state index in [1.165, 1.54) is 0 Å². The summed E-state index contributed by atoms with van der Waals surface area (Å²) in [6.07, 6.45) is 0. The first-order chi connectivity index (χ1) is 6.06. The molecule has 0 amide bonds. The molecule has 0 aliphatic rings. The van der Waals surface area contributed by atoms with Crippen LogP contribution in [-0.4, -0.2) is 10.0 Å². The smallest absolute Gasteiger partial charge is 0.271 e. The molecule has 0 saturated carbocycles. The highest BCUT2D eigenvalue weighted by Gasteiger charge is 2.14. The molecular weight excluding hydrogens is 201 g/mol. The molecule has 0 aromatic heterocycles. The third kappa shape index (κ3) is 1.93.